The summed E-state index contributed by atoms with van der Waals surface area (Å²) in [5.74, 6) is -5.92. The summed E-state index contributed by atoms with van der Waals surface area (Å²) in [6, 6.07) is -1.80. The number of hydrogen-bond donors (Lipinski definition) is 3. The van der Waals surface area contributed by atoms with Gasteiger partial charge in [0.1, 0.15) is 17.9 Å². The van der Waals surface area contributed by atoms with Crippen molar-refractivity contribution in [2.45, 2.75) is 24.5 Å². The fourth-order valence-electron chi connectivity index (χ4n) is 3.05. The summed E-state index contributed by atoms with van der Waals surface area (Å²) in [4.78, 5) is 37.4. The molecule has 0 radical (unpaired) electrons. The highest BCUT2D eigenvalue weighted by Gasteiger charge is 2.46. The molecule has 3 rings (SSSR count). The molecule has 0 saturated carbocycles. The largest absolute Gasteiger partial charge is 0.394 e. The van der Waals surface area contributed by atoms with E-state index in [1.54, 1.807) is 0 Å². The first-order chi connectivity index (χ1) is 11.8. The first kappa shape index (κ1) is 17.2. The number of fused-ring (bicyclic) bond motifs is 1. The molecule has 0 aromatic heterocycles. The lowest BCUT2D eigenvalue weighted by molar-refractivity contribution is -0.148. The van der Waals surface area contributed by atoms with Crippen molar-refractivity contribution in [1.29, 1.82) is 0 Å². The topological polar surface area (TPSA) is 98.7 Å². The second kappa shape index (κ2) is 6.36. The first-order valence-corrected chi connectivity index (χ1v) is 7.49. The number of halogens is 3. The maximum atomic E-state index is 13.6. The number of piperazine rings is 1. The SMILES string of the molecule is O=C(N[C@H]1C[C@H]2C(=O)N[C@H](CO)C(=O)N2C1)c1cc(F)c(F)cc1F. The quantitative estimate of drug-likeness (QED) is 0.623. The highest BCUT2D eigenvalue weighted by Crippen LogP contribution is 2.23. The Hall–Kier alpha value is -2.62. The molecule has 2 heterocycles. The summed E-state index contributed by atoms with van der Waals surface area (Å²) in [6.07, 6.45) is 0.0900. The van der Waals surface area contributed by atoms with Crippen LogP contribution in [-0.4, -0.2) is 59.0 Å². The van der Waals surface area contributed by atoms with Gasteiger partial charge in [-0.15, -0.1) is 0 Å². The monoisotopic (exact) mass is 357 g/mol. The van der Waals surface area contributed by atoms with E-state index in [1.165, 1.54) is 4.90 Å². The van der Waals surface area contributed by atoms with Crippen molar-refractivity contribution in [3.8, 4) is 0 Å². The van der Waals surface area contributed by atoms with E-state index in [1.807, 2.05) is 0 Å². The lowest BCUT2D eigenvalue weighted by Gasteiger charge is -2.33. The van der Waals surface area contributed by atoms with Crippen LogP contribution in [0, 0.1) is 17.5 Å². The summed E-state index contributed by atoms with van der Waals surface area (Å²) in [6.45, 7) is -0.560. The summed E-state index contributed by atoms with van der Waals surface area (Å²) >= 11 is 0. The van der Waals surface area contributed by atoms with Crippen LogP contribution in [-0.2, 0) is 9.59 Å². The minimum Gasteiger partial charge on any atom is -0.394 e. The maximum absolute atomic E-state index is 13.6. The van der Waals surface area contributed by atoms with E-state index in [2.05, 4.69) is 10.6 Å². The van der Waals surface area contributed by atoms with Crippen LogP contribution in [0.25, 0.3) is 0 Å². The van der Waals surface area contributed by atoms with Crippen LogP contribution in [0.5, 0.6) is 0 Å². The van der Waals surface area contributed by atoms with E-state index in [9.17, 15) is 27.6 Å². The summed E-state index contributed by atoms with van der Waals surface area (Å²) < 4.78 is 39.8. The smallest absolute Gasteiger partial charge is 0.254 e. The minimum atomic E-state index is -1.41. The number of hydrogen-bond acceptors (Lipinski definition) is 4. The Labute approximate surface area is 139 Å². The zero-order valence-electron chi connectivity index (χ0n) is 12.8. The third-order valence-electron chi connectivity index (χ3n) is 4.27. The number of nitrogens with zero attached hydrogens (tertiary/aromatic N) is 1. The lowest BCUT2D eigenvalue weighted by atomic mass is 10.1. The molecule has 2 aliphatic heterocycles. The van der Waals surface area contributed by atoms with Crippen LogP contribution in [0.1, 0.15) is 16.8 Å². The molecule has 0 aliphatic carbocycles. The number of aliphatic hydroxyl groups excluding tert-OH is 1. The molecule has 2 aliphatic rings. The Balaban J connectivity index is 1.73. The number of rotatable bonds is 3. The molecular weight excluding hydrogens is 343 g/mol. The fourth-order valence-corrected chi connectivity index (χ4v) is 3.05. The van der Waals surface area contributed by atoms with Crippen molar-refractivity contribution in [1.82, 2.24) is 15.5 Å². The third-order valence-corrected chi connectivity index (χ3v) is 4.27. The molecule has 25 heavy (non-hydrogen) atoms. The Kier molecular flexibility index (Phi) is 4.38. The first-order valence-electron chi connectivity index (χ1n) is 7.49. The highest BCUT2D eigenvalue weighted by atomic mass is 19.2. The van der Waals surface area contributed by atoms with Crippen LogP contribution < -0.4 is 10.6 Å². The lowest BCUT2D eigenvalue weighted by Crippen LogP contribution is -2.62. The van der Waals surface area contributed by atoms with E-state index in [0.717, 1.165) is 0 Å². The number of carbonyl (C=O) groups is 3. The van der Waals surface area contributed by atoms with E-state index in [-0.39, 0.29) is 19.0 Å². The second-order valence-electron chi connectivity index (χ2n) is 5.90. The number of aliphatic hydroxyl groups is 1. The van der Waals surface area contributed by atoms with E-state index in [0.29, 0.717) is 6.07 Å². The molecule has 0 spiro atoms. The molecule has 134 valence electrons. The van der Waals surface area contributed by atoms with Crippen molar-refractivity contribution >= 4 is 17.7 Å². The Morgan fingerprint density at radius 2 is 1.92 bits per heavy atom. The zero-order chi connectivity index (χ0) is 18.3. The van der Waals surface area contributed by atoms with Gasteiger partial charge in [0.2, 0.25) is 11.8 Å². The standard InChI is InChI=1S/C15H14F3N3O4/c16-8-3-10(18)9(17)2-7(8)13(23)19-6-1-12-14(24)20-11(5-22)15(25)21(12)4-6/h2-3,6,11-12,22H,1,4-5H2,(H,19,23)(H,20,24)/t6-,11+,12-/m0/s1. The van der Waals surface area contributed by atoms with Crippen LogP contribution in [0.3, 0.4) is 0 Å². The van der Waals surface area contributed by atoms with Crippen molar-refractivity contribution < 1.29 is 32.7 Å². The Morgan fingerprint density at radius 1 is 1.24 bits per heavy atom. The molecule has 2 saturated heterocycles. The van der Waals surface area contributed by atoms with Gasteiger partial charge < -0.3 is 20.6 Å². The van der Waals surface area contributed by atoms with Crippen LogP contribution >= 0.6 is 0 Å². The average molecular weight is 357 g/mol. The van der Waals surface area contributed by atoms with Gasteiger partial charge >= 0.3 is 0 Å². The molecule has 2 fully saturated rings. The van der Waals surface area contributed by atoms with E-state index >= 15 is 0 Å². The number of carbonyl (C=O) groups excluding carboxylic acids is 3. The van der Waals surface area contributed by atoms with Crippen molar-refractivity contribution in [2.75, 3.05) is 13.2 Å². The van der Waals surface area contributed by atoms with Gasteiger partial charge in [-0.3, -0.25) is 14.4 Å². The van der Waals surface area contributed by atoms with Crippen LogP contribution in [0.4, 0.5) is 13.2 Å². The number of amides is 3. The number of nitrogens with one attached hydrogen (secondary N) is 2. The fraction of sp³-hybridized carbons (Fsp3) is 0.400. The van der Waals surface area contributed by atoms with Gasteiger partial charge in [0.15, 0.2) is 11.6 Å². The van der Waals surface area contributed by atoms with Gasteiger partial charge in [-0.05, 0) is 12.5 Å². The van der Waals surface area contributed by atoms with Crippen molar-refractivity contribution in [2.24, 2.45) is 0 Å². The van der Waals surface area contributed by atoms with Crippen LogP contribution in [0.2, 0.25) is 0 Å². The zero-order valence-corrected chi connectivity index (χ0v) is 12.8. The molecule has 3 atom stereocenters. The molecule has 3 N–H and O–H groups in total. The van der Waals surface area contributed by atoms with Gasteiger partial charge in [0.25, 0.3) is 5.91 Å². The van der Waals surface area contributed by atoms with Gasteiger partial charge in [-0.2, -0.15) is 0 Å². The highest BCUT2D eigenvalue weighted by molar-refractivity contribution is 5.98. The van der Waals surface area contributed by atoms with Crippen molar-refractivity contribution in [3.05, 3.63) is 35.1 Å². The molecule has 3 amide bonds. The normalized spacial score (nSPS) is 25.6. The summed E-state index contributed by atoms with van der Waals surface area (Å²) in [5, 5.41) is 13.9. The average Bonchev–Trinajstić information content (AvgIpc) is 2.98. The van der Waals surface area contributed by atoms with Crippen LogP contribution in [0.15, 0.2) is 12.1 Å². The molecule has 0 unspecified atom stereocenters. The Bertz CT molecular complexity index is 758. The van der Waals surface area contributed by atoms with Gasteiger partial charge in [0, 0.05) is 18.7 Å². The Morgan fingerprint density at radius 3 is 2.60 bits per heavy atom. The van der Waals surface area contributed by atoms with Crippen molar-refractivity contribution in [3.63, 3.8) is 0 Å². The molecule has 10 heteroatoms. The molecular formula is C15H14F3N3O4. The molecule has 1 aromatic carbocycles. The predicted octanol–water partition coefficient (Wildman–Crippen LogP) is -0.706. The van der Waals surface area contributed by atoms with E-state index in [4.69, 9.17) is 5.11 Å². The van der Waals surface area contributed by atoms with Gasteiger partial charge in [0.05, 0.1) is 12.2 Å². The third kappa shape index (κ3) is 3.04. The summed E-state index contributed by atoms with van der Waals surface area (Å²) in [5.41, 5.74) is -0.673. The molecule has 1 aromatic rings. The molecule has 0 bridgehead atoms. The van der Waals surface area contributed by atoms with Gasteiger partial charge in [-0.25, -0.2) is 13.2 Å². The predicted molar refractivity (Wildman–Crippen MR) is 76.7 cm³/mol. The van der Waals surface area contributed by atoms with Gasteiger partial charge in [-0.1, -0.05) is 0 Å². The summed E-state index contributed by atoms with van der Waals surface area (Å²) in [7, 11) is 0. The molecule has 7 nitrogen and oxygen atoms in total. The minimum absolute atomic E-state index is 0.00947. The van der Waals surface area contributed by atoms with E-state index < -0.39 is 65.5 Å². The number of benzene rings is 1. The maximum Gasteiger partial charge on any atom is 0.254 e. The second-order valence-corrected chi connectivity index (χ2v) is 5.90.